The quantitative estimate of drug-likeness (QED) is 0.668. The van der Waals surface area contributed by atoms with E-state index in [0.29, 0.717) is 0 Å². The van der Waals surface area contributed by atoms with Gasteiger partial charge in [-0.2, -0.15) is 0 Å². The molecule has 0 unspecified atom stereocenters. The first-order valence-electron chi connectivity index (χ1n) is 3.49. The maximum Gasteiger partial charge on any atom is 0.202 e. The van der Waals surface area contributed by atoms with Crippen LogP contribution in [0.1, 0.15) is 12.6 Å². The van der Waals surface area contributed by atoms with Crippen LogP contribution >= 0.6 is 0 Å². The number of anilines is 1. The smallest absolute Gasteiger partial charge is 0.202 e. The second kappa shape index (κ2) is 2.73. The number of nitrogens with zero attached hydrogens (tertiary/aromatic N) is 2. The third-order valence-corrected chi connectivity index (χ3v) is 1.59. The SMILES string of the molecule is CCn1c(C)cnc1NC. The van der Waals surface area contributed by atoms with Crippen LogP contribution < -0.4 is 5.32 Å². The summed E-state index contributed by atoms with van der Waals surface area (Å²) < 4.78 is 2.12. The highest BCUT2D eigenvalue weighted by Crippen LogP contribution is 2.07. The number of nitrogens with one attached hydrogen (secondary N) is 1. The van der Waals surface area contributed by atoms with Gasteiger partial charge in [0.15, 0.2) is 0 Å². The molecule has 0 radical (unpaired) electrons. The molecule has 0 aliphatic carbocycles. The topological polar surface area (TPSA) is 29.9 Å². The van der Waals surface area contributed by atoms with E-state index in [0.717, 1.165) is 12.5 Å². The zero-order valence-electron chi connectivity index (χ0n) is 6.68. The number of aromatic nitrogens is 2. The molecule has 1 heterocycles. The summed E-state index contributed by atoms with van der Waals surface area (Å²) in [5, 5.41) is 3.02. The van der Waals surface area contributed by atoms with E-state index in [9.17, 15) is 0 Å². The van der Waals surface area contributed by atoms with E-state index < -0.39 is 0 Å². The average molecular weight is 139 g/mol. The second-order valence-corrected chi connectivity index (χ2v) is 2.22. The molecule has 3 heteroatoms. The molecule has 0 saturated heterocycles. The van der Waals surface area contributed by atoms with Crippen molar-refractivity contribution in [1.82, 2.24) is 9.55 Å². The summed E-state index contributed by atoms with van der Waals surface area (Å²) >= 11 is 0. The minimum absolute atomic E-state index is 0.944. The monoisotopic (exact) mass is 139 g/mol. The van der Waals surface area contributed by atoms with Crippen molar-refractivity contribution in [2.24, 2.45) is 0 Å². The zero-order chi connectivity index (χ0) is 7.56. The molecule has 10 heavy (non-hydrogen) atoms. The Labute approximate surface area is 61.1 Å². The van der Waals surface area contributed by atoms with Gasteiger partial charge in [0.05, 0.1) is 6.20 Å². The van der Waals surface area contributed by atoms with Crippen LogP contribution in [0, 0.1) is 6.92 Å². The number of hydrogen-bond acceptors (Lipinski definition) is 2. The molecule has 3 nitrogen and oxygen atoms in total. The van der Waals surface area contributed by atoms with Gasteiger partial charge in [0.25, 0.3) is 0 Å². The van der Waals surface area contributed by atoms with Gasteiger partial charge in [-0.15, -0.1) is 0 Å². The molecule has 1 aromatic heterocycles. The third-order valence-electron chi connectivity index (χ3n) is 1.59. The van der Waals surface area contributed by atoms with Crippen molar-refractivity contribution >= 4 is 5.95 Å². The van der Waals surface area contributed by atoms with E-state index in [1.54, 1.807) is 0 Å². The molecule has 0 fully saturated rings. The van der Waals surface area contributed by atoms with Crippen LogP contribution in [0.2, 0.25) is 0 Å². The Hall–Kier alpha value is -0.990. The molecule has 56 valence electrons. The number of hydrogen-bond donors (Lipinski definition) is 1. The third kappa shape index (κ3) is 0.988. The van der Waals surface area contributed by atoms with Crippen molar-refractivity contribution in [3.05, 3.63) is 11.9 Å². The summed E-state index contributed by atoms with van der Waals surface area (Å²) in [6.07, 6.45) is 1.87. The summed E-state index contributed by atoms with van der Waals surface area (Å²) in [5.74, 6) is 0.944. The fraction of sp³-hybridized carbons (Fsp3) is 0.571. The first kappa shape index (κ1) is 7.12. The normalized spacial score (nSPS) is 9.90. The Morgan fingerprint density at radius 3 is 2.80 bits per heavy atom. The summed E-state index contributed by atoms with van der Waals surface area (Å²) in [7, 11) is 1.88. The van der Waals surface area contributed by atoms with Crippen molar-refractivity contribution < 1.29 is 0 Å². The number of imidazole rings is 1. The van der Waals surface area contributed by atoms with Gasteiger partial charge < -0.3 is 9.88 Å². The molecular weight excluding hydrogens is 126 g/mol. The lowest BCUT2D eigenvalue weighted by Gasteiger charge is -2.04. The molecule has 0 amide bonds. The fourth-order valence-corrected chi connectivity index (χ4v) is 1.06. The van der Waals surface area contributed by atoms with E-state index in [4.69, 9.17) is 0 Å². The van der Waals surface area contributed by atoms with Crippen molar-refractivity contribution in [3.63, 3.8) is 0 Å². The van der Waals surface area contributed by atoms with Crippen LogP contribution in [-0.4, -0.2) is 16.6 Å². The fourth-order valence-electron chi connectivity index (χ4n) is 1.06. The summed E-state index contributed by atoms with van der Waals surface area (Å²) in [4.78, 5) is 4.16. The predicted octanol–water partition coefficient (Wildman–Crippen LogP) is 1.25. The van der Waals surface area contributed by atoms with E-state index in [1.807, 2.05) is 13.2 Å². The Morgan fingerprint density at radius 1 is 1.70 bits per heavy atom. The summed E-state index contributed by atoms with van der Waals surface area (Å²) in [6.45, 7) is 5.13. The summed E-state index contributed by atoms with van der Waals surface area (Å²) in [5.41, 5.74) is 1.20. The zero-order valence-corrected chi connectivity index (χ0v) is 6.68. The van der Waals surface area contributed by atoms with Gasteiger partial charge in [-0.25, -0.2) is 4.98 Å². The minimum atomic E-state index is 0.944. The van der Waals surface area contributed by atoms with Gasteiger partial charge in [0, 0.05) is 19.3 Å². The van der Waals surface area contributed by atoms with Gasteiger partial charge in [-0.1, -0.05) is 0 Å². The molecule has 0 atom stereocenters. The molecular formula is C7H13N3. The second-order valence-electron chi connectivity index (χ2n) is 2.22. The molecule has 1 N–H and O–H groups in total. The summed E-state index contributed by atoms with van der Waals surface area (Å²) in [6, 6.07) is 0. The Kier molecular flexibility index (Phi) is 1.94. The van der Waals surface area contributed by atoms with Crippen LogP contribution in [-0.2, 0) is 6.54 Å². The maximum atomic E-state index is 4.16. The van der Waals surface area contributed by atoms with E-state index in [1.165, 1.54) is 5.69 Å². The standard InChI is InChI=1S/C7H13N3/c1-4-10-6(2)5-9-7(10)8-3/h5H,4H2,1-3H3,(H,8,9). The minimum Gasteiger partial charge on any atom is -0.359 e. The lowest BCUT2D eigenvalue weighted by Crippen LogP contribution is -2.02. The maximum absolute atomic E-state index is 4.16. The highest BCUT2D eigenvalue weighted by Gasteiger charge is 2.00. The van der Waals surface area contributed by atoms with Gasteiger partial charge in [0.1, 0.15) is 0 Å². The average Bonchev–Trinajstić information content (AvgIpc) is 2.30. The number of rotatable bonds is 2. The molecule has 0 saturated carbocycles. The van der Waals surface area contributed by atoms with Gasteiger partial charge in [-0.05, 0) is 13.8 Å². The van der Waals surface area contributed by atoms with Gasteiger partial charge in [-0.3, -0.25) is 0 Å². The highest BCUT2D eigenvalue weighted by atomic mass is 15.2. The molecule has 0 aliphatic heterocycles. The van der Waals surface area contributed by atoms with Crippen LogP contribution in [0.3, 0.4) is 0 Å². The molecule has 0 aliphatic rings. The van der Waals surface area contributed by atoms with Crippen LogP contribution in [0.15, 0.2) is 6.20 Å². The van der Waals surface area contributed by atoms with Crippen molar-refractivity contribution in [2.45, 2.75) is 20.4 Å². The molecule has 1 aromatic rings. The first-order chi connectivity index (χ1) is 4.79. The first-order valence-corrected chi connectivity index (χ1v) is 3.49. The van der Waals surface area contributed by atoms with Crippen LogP contribution in [0.5, 0.6) is 0 Å². The lowest BCUT2D eigenvalue weighted by atomic mass is 10.5. The molecule has 0 spiro atoms. The van der Waals surface area contributed by atoms with E-state index in [2.05, 4.69) is 28.7 Å². The van der Waals surface area contributed by atoms with Gasteiger partial charge in [0.2, 0.25) is 5.95 Å². The Balaban J connectivity index is 3.01. The Bertz CT molecular complexity index is 215. The molecule has 0 aromatic carbocycles. The Morgan fingerprint density at radius 2 is 2.40 bits per heavy atom. The molecule has 0 bridgehead atoms. The lowest BCUT2D eigenvalue weighted by molar-refractivity contribution is 0.745. The number of aryl methyl sites for hydroxylation is 1. The van der Waals surface area contributed by atoms with Crippen molar-refractivity contribution in [1.29, 1.82) is 0 Å². The predicted molar refractivity (Wildman–Crippen MR) is 42.2 cm³/mol. The van der Waals surface area contributed by atoms with Crippen LogP contribution in [0.25, 0.3) is 0 Å². The van der Waals surface area contributed by atoms with Crippen molar-refractivity contribution in [2.75, 3.05) is 12.4 Å². The van der Waals surface area contributed by atoms with Gasteiger partial charge >= 0.3 is 0 Å². The largest absolute Gasteiger partial charge is 0.359 e. The highest BCUT2D eigenvalue weighted by molar-refractivity contribution is 5.27. The van der Waals surface area contributed by atoms with E-state index >= 15 is 0 Å². The van der Waals surface area contributed by atoms with Crippen molar-refractivity contribution in [3.8, 4) is 0 Å². The molecule has 1 rings (SSSR count). The van der Waals surface area contributed by atoms with Crippen LogP contribution in [0.4, 0.5) is 5.95 Å². The van der Waals surface area contributed by atoms with E-state index in [-0.39, 0.29) is 0 Å².